The smallest absolute Gasteiger partial charge is 0.243 e. The Hall–Kier alpha value is -2.73. The number of imidazole rings is 3. The number of ether oxygens (including phenoxy) is 7. The van der Waals surface area contributed by atoms with Gasteiger partial charge in [0.1, 0.15) is 81.2 Å². The lowest BCUT2D eigenvalue weighted by atomic mass is 10.3. The lowest BCUT2D eigenvalue weighted by Crippen LogP contribution is -2.27. The molecule has 4 atom stereocenters. The predicted molar refractivity (Wildman–Crippen MR) is 191 cm³/mol. The second-order valence-corrected chi connectivity index (χ2v) is 13.5. The van der Waals surface area contributed by atoms with Crippen molar-refractivity contribution >= 4 is 0 Å². The molecular weight excluding hydrogens is 672 g/mol. The van der Waals surface area contributed by atoms with Crippen LogP contribution in [0.1, 0.15) is 38.5 Å². The minimum atomic E-state index is -0.549. The molecule has 3 rings (SSSR count). The van der Waals surface area contributed by atoms with Gasteiger partial charge in [-0.25, -0.2) is 27.4 Å². The van der Waals surface area contributed by atoms with Gasteiger partial charge in [-0.15, -0.1) is 0 Å². The van der Waals surface area contributed by atoms with E-state index in [9.17, 15) is 10.2 Å². The zero-order chi connectivity index (χ0) is 37.2. The van der Waals surface area contributed by atoms with Crippen molar-refractivity contribution in [1.29, 1.82) is 0 Å². The van der Waals surface area contributed by atoms with E-state index in [2.05, 4.69) is 4.57 Å². The molecule has 15 nitrogen and oxygen atoms in total. The predicted octanol–water partition coefficient (Wildman–Crippen LogP) is 0.511. The van der Waals surface area contributed by atoms with Crippen LogP contribution in [0.5, 0.6) is 0 Å². The normalized spacial score (nSPS) is 14.2. The zero-order valence-corrected chi connectivity index (χ0v) is 32.1. The van der Waals surface area contributed by atoms with Crippen molar-refractivity contribution in [2.75, 3.05) is 79.8 Å². The number of nitrogens with zero attached hydrogens (tertiary/aromatic N) is 6. The fourth-order valence-corrected chi connectivity index (χ4v) is 5.45. The first-order valence-electron chi connectivity index (χ1n) is 18.7. The van der Waals surface area contributed by atoms with Gasteiger partial charge in [-0.3, -0.25) is 0 Å². The van der Waals surface area contributed by atoms with Crippen LogP contribution < -0.4 is 13.7 Å². The summed E-state index contributed by atoms with van der Waals surface area (Å²) in [6.45, 7) is 7.45. The molecule has 0 saturated carbocycles. The van der Waals surface area contributed by atoms with Gasteiger partial charge in [-0.2, -0.15) is 0 Å². The second-order valence-electron chi connectivity index (χ2n) is 13.5. The molecule has 296 valence electrons. The van der Waals surface area contributed by atoms with E-state index in [0.29, 0.717) is 85.8 Å². The molecule has 3 aromatic heterocycles. The molecule has 0 saturated heterocycles. The Morgan fingerprint density at radius 3 is 1.19 bits per heavy atom. The molecule has 0 fully saturated rings. The van der Waals surface area contributed by atoms with Gasteiger partial charge in [-0.1, -0.05) is 0 Å². The maximum atomic E-state index is 10.2. The fourth-order valence-electron chi connectivity index (χ4n) is 5.45. The number of rotatable bonds is 33. The van der Waals surface area contributed by atoms with Gasteiger partial charge in [0.05, 0.1) is 54.2 Å². The number of aliphatic hydroxyl groups is 2. The van der Waals surface area contributed by atoms with Crippen molar-refractivity contribution < 1.29 is 57.1 Å². The largest absolute Gasteiger partial charge is 0.387 e. The van der Waals surface area contributed by atoms with Gasteiger partial charge in [0.15, 0.2) is 0 Å². The minimum Gasteiger partial charge on any atom is -0.387 e. The van der Waals surface area contributed by atoms with Crippen molar-refractivity contribution in [2.24, 2.45) is 21.1 Å². The Morgan fingerprint density at radius 1 is 0.481 bits per heavy atom. The molecule has 2 N–H and O–H groups in total. The van der Waals surface area contributed by atoms with Crippen molar-refractivity contribution in [3.05, 3.63) is 56.2 Å². The topological polar surface area (TPSA) is 132 Å². The lowest BCUT2D eigenvalue weighted by molar-refractivity contribution is -0.671. The molecule has 3 heterocycles. The maximum Gasteiger partial charge on any atom is 0.243 e. The third-order valence-electron chi connectivity index (χ3n) is 8.29. The molecule has 0 aliphatic carbocycles. The number of hydrogen-bond acceptors (Lipinski definition) is 9. The highest BCUT2D eigenvalue weighted by atomic mass is 16.6. The lowest BCUT2D eigenvalue weighted by Gasteiger charge is -2.19. The molecule has 4 unspecified atom stereocenters. The van der Waals surface area contributed by atoms with Crippen LogP contribution in [-0.2, 0) is 73.9 Å². The van der Waals surface area contributed by atoms with Crippen LogP contribution in [0.25, 0.3) is 0 Å². The van der Waals surface area contributed by atoms with Crippen molar-refractivity contribution in [2.45, 2.75) is 82.6 Å². The summed E-state index contributed by atoms with van der Waals surface area (Å²) < 4.78 is 52.7. The first kappa shape index (κ1) is 43.7. The van der Waals surface area contributed by atoms with E-state index in [1.54, 1.807) is 7.11 Å². The average molecular weight is 740 g/mol. The summed E-state index contributed by atoms with van der Waals surface area (Å²) in [6.07, 6.45) is 21.6. The van der Waals surface area contributed by atoms with Crippen LogP contribution in [0.2, 0.25) is 0 Å². The van der Waals surface area contributed by atoms with Gasteiger partial charge in [-0.05, 0) is 38.5 Å². The van der Waals surface area contributed by atoms with Gasteiger partial charge in [0.2, 0.25) is 19.0 Å². The average Bonchev–Trinajstić information content (AvgIpc) is 3.85. The Bertz CT molecular complexity index is 1290. The quantitative estimate of drug-likeness (QED) is 0.0678. The molecule has 0 aliphatic rings. The third kappa shape index (κ3) is 20.5. The van der Waals surface area contributed by atoms with E-state index in [0.717, 1.165) is 45.1 Å². The summed E-state index contributed by atoms with van der Waals surface area (Å²) in [7, 11) is 7.62. The molecule has 3 aromatic rings. The molecule has 0 aliphatic heterocycles. The number of aromatic nitrogens is 6. The van der Waals surface area contributed by atoms with E-state index in [1.165, 1.54) is 0 Å². The van der Waals surface area contributed by atoms with E-state index in [4.69, 9.17) is 33.2 Å². The highest BCUT2D eigenvalue weighted by Gasteiger charge is 2.14. The van der Waals surface area contributed by atoms with Crippen LogP contribution in [0.3, 0.4) is 0 Å². The third-order valence-corrected chi connectivity index (χ3v) is 8.29. The number of aryl methyl sites for hydroxylation is 3. The molecular formula is C37H67N6O9+3. The molecule has 0 radical (unpaired) electrons. The van der Waals surface area contributed by atoms with Gasteiger partial charge < -0.3 is 43.4 Å². The number of aliphatic hydroxyl groups excluding tert-OH is 2. The fraction of sp³-hybridized carbons (Fsp3) is 0.757. The Kier molecular flexibility index (Phi) is 22.6. The number of methoxy groups -OCH3 is 1. The molecule has 52 heavy (non-hydrogen) atoms. The first-order chi connectivity index (χ1) is 25.3. The standard InChI is InChI=1S/C37H67N6O9/c1-38-11-14-41(31-38)23-34(44)26-47-17-5-6-20-50-29-37(52-22-10-9-18-48-27-35(45)24-42-15-12-39(2)32-42)30-51-21-8-7-19-49-28-36(46-4)25-43-16-13-40(3)33-43/h11-16,31-37,44-45H,5-10,17-30H2,1-4H3/q+3. The van der Waals surface area contributed by atoms with Crippen molar-refractivity contribution in [3.8, 4) is 0 Å². The van der Waals surface area contributed by atoms with Crippen LogP contribution in [0.4, 0.5) is 0 Å². The van der Waals surface area contributed by atoms with E-state index in [-0.39, 0.29) is 12.2 Å². The highest BCUT2D eigenvalue weighted by Crippen LogP contribution is 2.04. The summed E-state index contributed by atoms with van der Waals surface area (Å²) in [5.74, 6) is 0. The van der Waals surface area contributed by atoms with E-state index < -0.39 is 12.2 Å². The highest BCUT2D eigenvalue weighted by molar-refractivity contribution is 4.71. The Morgan fingerprint density at radius 2 is 0.827 bits per heavy atom. The van der Waals surface area contributed by atoms with E-state index >= 15 is 0 Å². The molecule has 0 amide bonds. The Balaban J connectivity index is 1.23. The first-order valence-corrected chi connectivity index (χ1v) is 18.7. The Labute approximate surface area is 310 Å². The summed E-state index contributed by atoms with van der Waals surface area (Å²) in [5, 5.41) is 20.4. The van der Waals surface area contributed by atoms with Crippen LogP contribution in [0.15, 0.2) is 56.2 Å². The van der Waals surface area contributed by atoms with Crippen molar-refractivity contribution in [1.82, 2.24) is 13.7 Å². The molecule has 0 aromatic carbocycles. The molecule has 15 heteroatoms. The van der Waals surface area contributed by atoms with Crippen LogP contribution in [-0.4, -0.2) is 128 Å². The summed E-state index contributed by atoms with van der Waals surface area (Å²) in [5.41, 5.74) is 0. The zero-order valence-electron chi connectivity index (χ0n) is 32.1. The van der Waals surface area contributed by atoms with Crippen LogP contribution in [0, 0.1) is 0 Å². The summed E-state index contributed by atoms with van der Waals surface area (Å²) >= 11 is 0. The monoisotopic (exact) mass is 739 g/mol. The minimum absolute atomic E-state index is 0.00277. The van der Waals surface area contributed by atoms with Crippen molar-refractivity contribution in [3.63, 3.8) is 0 Å². The van der Waals surface area contributed by atoms with Gasteiger partial charge >= 0.3 is 0 Å². The van der Waals surface area contributed by atoms with Gasteiger partial charge in [0.25, 0.3) is 0 Å². The molecule has 0 spiro atoms. The van der Waals surface area contributed by atoms with Crippen LogP contribution >= 0.6 is 0 Å². The number of hydrogen-bond donors (Lipinski definition) is 2. The van der Waals surface area contributed by atoms with Gasteiger partial charge in [0, 0.05) is 46.8 Å². The SMILES string of the molecule is COC(COCCCCOCC(COCCCCOCC(O)Cn1cc[n+](C)c1)OCCCCOCC(O)Cn1cc[n+](C)c1)Cn1cc[n+](C)c1. The molecule has 0 bridgehead atoms. The van der Waals surface area contributed by atoms with E-state index in [1.807, 2.05) is 100 Å². The number of unbranched alkanes of at least 4 members (excludes halogenated alkanes) is 3. The summed E-state index contributed by atoms with van der Waals surface area (Å²) in [6, 6.07) is 0. The second kappa shape index (κ2) is 26.9. The maximum absolute atomic E-state index is 10.2. The summed E-state index contributed by atoms with van der Waals surface area (Å²) in [4.78, 5) is 0.